The Morgan fingerprint density at radius 2 is 2.05 bits per heavy atom. The maximum Gasteiger partial charge on any atom is 0.142 e. The predicted octanol–water partition coefficient (Wildman–Crippen LogP) is 2.37. The fourth-order valence-electron chi connectivity index (χ4n) is 2.32. The summed E-state index contributed by atoms with van der Waals surface area (Å²) in [6, 6.07) is 13.1. The molecule has 1 aliphatic heterocycles. The number of nitrogens with zero attached hydrogens (tertiary/aromatic N) is 1. The molecule has 2 aromatic carbocycles. The lowest BCUT2D eigenvalue weighted by Gasteiger charge is -2.31. The standard InChI is InChI=1S/C15H16N2O2/c16-13-9-12(18)6-5-11(13)10-17-7-8-19-15-4-2-1-3-14(15)17/h1-6,9,18H,7-8,10,16H2. The highest BCUT2D eigenvalue weighted by molar-refractivity contribution is 5.61. The number of hydrogen-bond donors (Lipinski definition) is 2. The molecule has 2 aromatic rings. The first-order chi connectivity index (χ1) is 9.24. The van der Waals surface area contributed by atoms with Gasteiger partial charge in [-0.2, -0.15) is 0 Å². The highest BCUT2D eigenvalue weighted by Gasteiger charge is 2.18. The Hall–Kier alpha value is -2.36. The van der Waals surface area contributed by atoms with E-state index in [1.54, 1.807) is 12.1 Å². The third-order valence-corrected chi connectivity index (χ3v) is 3.32. The quantitative estimate of drug-likeness (QED) is 0.810. The van der Waals surface area contributed by atoms with Crippen LogP contribution in [-0.4, -0.2) is 18.3 Å². The van der Waals surface area contributed by atoms with Gasteiger partial charge in [-0.25, -0.2) is 0 Å². The number of aromatic hydroxyl groups is 1. The Morgan fingerprint density at radius 1 is 1.21 bits per heavy atom. The van der Waals surface area contributed by atoms with Gasteiger partial charge in [-0.1, -0.05) is 18.2 Å². The maximum absolute atomic E-state index is 9.39. The number of nitrogens with two attached hydrogens (primary N) is 1. The van der Waals surface area contributed by atoms with Gasteiger partial charge in [0.25, 0.3) is 0 Å². The van der Waals surface area contributed by atoms with Crippen LogP contribution < -0.4 is 15.4 Å². The van der Waals surface area contributed by atoms with E-state index in [1.165, 1.54) is 0 Å². The second kappa shape index (κ2) is 4.72. The van der Waals surface area contributed by atoms with Gasteiger partial charge in [0.15, 0.2) is 0 Å². The summed E-state index contributed by atoms with van der Waals surface area (Å²) >= 11 is 0. The van der Waals surface area contributed by atoms with Crippen molar-refractivity contribution in [2.24, 2.45) is 0 Å². The van der Waals surface area contributed by atoms with Crippen molar-refractivity contribution in [1.82, 2.24) is 0 Å². The van der Waals surface area contributed by atoms with E-state index in [-0.39, 0.29) is 5.75 Å². The number of fused-ring (bicyclic) bond motifs is 1. The zero-order chi connectivity index (χ0) is 13.2. The van der Waals surface area contributed by atoms with E-state index in [9.17, 15) is 5.11 Å². The first-order valence-electron chi connectivity index (χ1n) is 6.28. The Bertz CT molecular complexity index is 598. The molecule has 19 heavy (non-hydrogen) atoms. The Balaban J connectivity index is 1.88. The fraction of sp³-hybridized carbons (Fsp3) is 0.200. The molecule has 1 aliphatic rings. The van der Waals surface area contributed by atoms with Crippen LogP contribution in [0.25, 0.3) is 0 Å². The van der Waals surface area contributed by atoms with Crippen LogP contribution in [-0.2, 0) is 6.54 Å². The summed E-state index contributed by atoms with van der Waals surface area (Å²) in [4.78, 5) is 2.24. The first-order valence-corrected chi connectivity index (χ1v) is 6.28. The topological polar surface area (TPSA) is 58.7 Å². The Labute approximate surface area is 112 Å². The monoisotopic (exact) mass is 256 g/mol. The molecule has 0 amide bonds. The van der Waals surface area contributed by atoms with Crippen molar-refractivity contribution in [3.05, 3.63) is 48.0 Å². The third kappa shape index (κ3) is 2.29. The first kappa shape index (κ1) is 11.7. The molecule has 3 N–H and O–H groups in total. The minimum Gasteiger partial charge on any atom is -0.508 e. The number of hydrogen-bond acceptors (Lipinski definition) is 4. The minimum absolute atomic E-state index is 0.198. The van der Waals surface area contributed by atoms with Gasteiger partial charge in [-0.3, -0.25) is 0 Å². The SMILES string of the molecule is Nc1cc(O)ccc1CN1CCOc2ccccc21. The number of para-hydroxylation sites is 2. The second-order valence-electron chi connectivity index (χ2n) is 4.62. The van der Waals surface area contributed by atoms with Gasteiger partial charge in [0.1, 0.15) is 18.1 Å². The molecule has 1 heterocycles. The van der Waals surface area contributed by atoms with Crippen molar-refractivity contribution < 1.29 is 9.84 Å². The summed E-state index contributed by atoms with van der Waals surface area (Å²) in [6.45, 7) is 2.22. The number of ether oxygens (including phenoxy) is 1. The van der Waals surface area contributed by atoms with Gasteiger partial charge in [-0.05, 0) is 23.8 Å². The number of phenolic OH excluding ortho intramolecular Hbond substituents is 1. The highest BCUT2D eigenvalue weighted by atomic mass is 16.5. The van der Waals surface area contributed by atoms with Crippen LogP contribution >= 0.6 is 0 Å². The van der Waals surface area contributed by atoms with Crippen molar-refractivity contribution >= 4 is 11.4 Å². The van der Waals surface area contributed by atoms with E-state index < -0.39 is 0 Å². The summed E-state index contributed by atoms with van der Waals surface area (Å²) in [7, 11) is 0. The van der Waals surface area contributed by atoms with Crippen LogP contribution in [0.5, 0.6) is 11.5 Å². The van der Waals surface area contributed by atoms with E-state index in [2.05, 4.69) is 4.90 Å². The Morgan fingerprint density at radius 3 is 2.89 bits per heavy atom. The lowest BCUT2D eigenvalue weighted by atomic mass is 10.1. The van der Waals surface area contributed by atoms with Gasteiger partial charge in [0.05, 0.1) is 12.2 Å². The number of nitrogen functional groups attached to an aromatic ring is 1. The summed E-state index contributed by atoms with van der Waals surface area (Å²) in [5.74, 6) is 1.11. The van der Waals surface area contributed by atoms with Gasteiger partial charge in [0.2, 0.25) is 0 Å². The van der Waals surface area contributed by atoms with Crippen molar-refractivity contribution in [2.45, 2.75) is 6.54 Å². The zero-order valence-electron chi connectivity index (χ0n) is 10.5. The molecule has 0 spiro atoms. The summed E-state index contributed by atoms with van der Waals surface area (Å²) in [5.41, 5.74) is 8.65. The molecular weight excluding hydrogens is 240 g/mol. The van der Waals surface area contributed by atoms with Crippen molar-refractivity contribution in [3.63, 3.8) is 0 Å². The van der Waals surface area contributed by atoms with E-state index in [0.717, 1.165) is 23.5 Å². The van der Waals surface area contributed by atoms with E-state index in [4.69, 9.17) is 10.5 Å². The second-order valence-corrected chi connectivity index (χ2v) is 4.62. The zero-order valence-corrected chi connectivity index (χ0v) is 10.5. The molecule has 0 fully saturated rings. The predicted molar refractivity (Wildman–Crippen MR) is 75.5 cm³/mol. The normalized spacial score (nSPS) is 13.8. The van der Waals surface area contributed by atoms with E-state index in [0.29, 0.717) is 18.8 Å². The average Bonchev–Trinajstić information content (AvgIpc) is 2.42. The lowest BCUT2D eigenvalue weighted by molar-refractivity contribution is 0.307. The molecule has 4 heteroatoms. The molecule has 0 saturated heterocycles. The largest absolute Gasteiger partial charge is 0.508 e. The molecular formula is C15H16N2O2. The molecule has 98 valence electrons. The van der Waals surface area contributed by atoms with Crippen LogP contribution in [0.3, 0.4) is 0 Å². The van der Waals surface area contributed by atoms with Gasteiger partial charge < -0.3 is 20.5 Å². The molecule has 0 radical (unpaired) electrons. The molecule has 0 aromatic heterocycles. The molecule has 4 nitrogen and oxygen atoms in total. The molecule has 3 rings (SSSR count). The van der Waals surface area contributed by atoms with Gasteiger partial charge in [0, 0.05) is 18.3 Å². The Kier molecular flexibility index (Phi) is 2.91. The van der Waals surface area contributed by atoms with Crippen LogP contribution in [0.2, 0.25) is 0 Å². The van der Waals surface area contributed by atoms with E-state index in [1.807, 2.05) is 30.3 Å². The highest BCUT2D eigenvalue weighted by Crippen LogP contribution is 2.32. The molecule has 0 unspecified atom stereocenters. The number of anilines is 2. The smallest absolute Gasteiger partial charge is 0.142 e. The van der Waals surface area contributed by atoms with Crippen LogP contribution in [0.1, 0.15) is 5.56 Å². The third-order valence-electron chi connectivity index (χ3n) is 3.32. The lowest BCUT2D eigenvalue weighted by Crippen LogP contribution is -2.32. The van der Waals surface area contributed by atoms with E-state index >= 15 is 0 Å². The maximum atomic E-state index is 9.39. The van der Waals surface area contributed by atoms with Crippen molar-refractivity contribution in [1.29, 1.82) is 0 Å². The van der Waals surface area contributed by atoms with Crippen LogP contribution in [0, 0.1) is 0 Å². The molecule has 0 bridgehead atoms. The molecule has 0 atom stereocenters. The minimum atomic E-state index is 0.198. The fourth-order valence-corrected chi connectivity index (χ4v) is 2.32. The molecule has 0 aliphatic carbocycles. The van der Waals surface area contributed by atoms with Gasteiger partial charge >= 0.3 is 0 Å². The summed E-state index contributed by atoms with van der Waals surface area (Å²) < 4.78 is 5.63. The molecule has 0 saturated carbocycles. The van der Waals surface area contributed by atoms with Crippen molar-refractivity contribution in [3.8, 4) is 11.5 Å². The number of rotatable bonds is 2. The van der Waals surface area contributed by atoms with Gasteiger partial charge in [-0.15, -0.1) is 0 Å². The number of phenols is 1. The summed E-state index contributed by atoms with van der Waals surface area (Å²) in [5, 5.41) is 9.39. The van der Waals surface area contributed by atoms with Crippen LogP contribution in [0.15, 0.2) is 42.5 Å². The number of benzene rings is 2. The summed E-state index contributed by atoms with van der Waals surface area (Å²) in [6.07, 6.45) is 0. The average molecular weight is 256 g/mol. The van der Waals surface area contributed by atoms with Crippen LogP contribution in [0.4, 0.5) is 11.4 Å². The van der Waals surface area contributed by atoms with Crippen molar-refractivity contribution in [2.75, 3.05) is 23.8 Å².